The van der Waals surface area contributed by atoms with Crippen molar-refractivity contribution in [1.29, 1.82) is 0 Å². The Bertz CT molecular complexity index is 1290. The van der Waals surface area contributed by atoms with E-state index in [2.05, 4.69) is 10.6 Å². The number of nitrogens with one attached hydrogen (secondary N) is 2. The molecule has 4 aromatic rings. The molecule has 0 heterocycles. The Hall–Kier alpha value is -3.94. The van der Waals surface area contributed by atoms with Crippen molar-refractivity contribution >= 4 is 11.4 Å². The molecule has 0 aliphatic heterocycles. The summed E-state index contributed by atoms with van der Waals surface area (Å²) >= 11 is 0. The minimum Gasteiger partial charge on any atom is -0.497 e. The smallest absolute Gasteiger partial charge is 0.272 e. The molecule has 2 unspecified atom stereocenters. The van der Waals surface area contributed by atoms with E-state index in [0.29, 0.717) is 12.2 Å². The van der Waals surface area contributed by atoms with E-state index in [1.54, 1.807) is 7.11 Å². The topological polar surface area (TPSA) is 96.9 Å². The van der Waals surface area contributed by atoms with Crippen LogP contribution in [0.3, 0.4) is 0 Å². The van der Waals surface area contributed by atoms with Gasteiger partial charge in [-0.1, -0.05) is 54.6 Å². The maximum atomic E-state index is 11.8. The molecular formula is C27H26N2O5. The van der Waals surface area contributed by atoms with E-state index in [0.717, 1.165) is 22.4 Å². The summed E-state index contributed by atoms with van der Waals surface area (Å²) in [7, 11) is 2.98. The fraction of sp³-hybridized carbons (Fsp3) is 0.185. The Balaban J connectivity index is 1.55. The molecule has 0 spiro atoms. The summed E-state index contributed by atoms with van der Waals surface area (Å²) in [6.45, 7) is 0.349. The quantitative estimate of drug-likeness (QED) is 0.313. The van der Waals surface area contributed by atoms with Gasteiger partial charge in [0.15, 0.2) is 5.75 Å². The van der Waals surface area contributed by atoms with Crippen molar-refractivity contribution in [2.75, 3.05) is 26.1 Å². The molecular weight excluding hydrogens is 432 g/mol. The molecule has 0 aliphatic rings. The van der Waals surface area contributed by atoms with Crippen LogP contribution in [-0.4, -0.2) is 25.9 Å². The number of hydrogen-bond donors (Lipinski definition) is 3. The maximum absolute atomic E-state index is 11.8. The molecule has 0 aromatic heterocycles. The van der Waals surface area contributed by atoms with E-state index in [9.17, 15) is 14.7 Å². The van der Waals surface area contributed by atoms with E-state index < -0.39 is 17.0 Å². The molecule has 2 atom stereocenters. The van der Waals surface area contributed by atoms with Crippen molar-refractivity contribution in [1.82, 2.24) is 5.32 Å². The van der Waals surface area contributed by atoms with E-state index in [1.165, 1.54) is 7.11 Å². The summed E-state index contributed by atoms with van der Waals surface area (Å²) in [6.07, 6.45) is -0.663. The van der Waals surface area contributed by atoms with Gasteiger partial charge >= 0.3 is 0 Å². The molecule has 34 heavy (non-hydrogen) atoms. The lowest BCUT2D eigenvalue weighted by Crippen LogP contribution is -2.34. The highest BCUT2D eigenvalue weighted by molar-refractivity contribution is 5.70. The molecule has 0 bridgehead atoms. The van der Waals surface area contributed by atoms with Crippen LogP contribution < -0.4 is 31.0 Å². The van der Waals surface area contributed by atoms with Crippen LogP contribution in [0.4, 0.5) is 11.4 Å². The first-order chi connectivity index (χ1) is 16.5. The van der Waals surface area contributed by atoms with E-state index >= 15 is 0 Å². The molecule has 4 aromatic carbocycles. The minimum absolute atomic E-state index is 0.0433. The Kier molecular flexibility index (Phi) is 7.06. The van der Waals surface area contributed by atoms with Gasteiger partial charge in [-0.15, -0.1) is 0 Å². The van der Waals surface area contributed by atoms with E-state index in [4.69, 9.17) is 9.47 Å². The third kappa shape index (κ3) is 4.85. The van der Waals surface area contributed by atoms with E-state index in [-0.39, 0.29) is 17.5 Å². The number of methoxy groups -OCH3 is 2. The van der Waals surface area contributed by atoms with Crippen LogP contribution in [0.5, 0.6) is 11.5 Å². The number of benzene rings is 3. The number of hydrogen-bond acceptors (Lipinski definition) is 7. The van der Waals surface area contributed by atoms with Crippen molar-refractivity contribution < 1.29 is 14.6 Å². The van der Waals surface area contributed by atoms with Crippen molar-refractivity contribution in [3.8, 4) is 11.5 Å². The Morgan fingerprint density at radius 3 is 1.97 bits per heavy atom. The lowest BCUT2D eigenvalue weighted by Gasteiger charge is -2.23. The third-order valence-electron chi connectivity index (χ3n) is 5.73. The molecule has 7 nitrogen and oxygen atoms in total. The SMILES string of the molecule is COc1ccc(C(NCC(O)c2ccccc2)c2ccc(Nc3c(OC)c(=O)c3=O)cc2)cc1. The lowest BCUT2D eigenvalue weighted by atomic mass is 9.97. The Morgan fingerprint density at radius 1 is 0.765 bits per heavy atom. The fourth-order valence-corrected chi connectivity index (χ4v) is 3.83. The van der Waals surface area contributed by atoms with Gasteiger partial charge in [0.25, 0.3) is 10.9 Å². The van der Waals surface area contributed by atoms with E-state index in [1.807, 2.05) is 78.9 Å². The van der Waals surface area contributed by atoms with Gasteiger partial charge in [-0.2, -0.15) is 0 Å². The highest BCUT2D eigenvalue weighted by Crippen LogP contribution is 2.28. The summed E-state index contributed by atoms with van der Waals surface area (Å²) in [5, 5.41) is 17.1. The zero-order chi connectivity index (χ0) is 24.1. The van der Waals surface area contributed by atoms with Gasteiger partial charge < -0.3 is 25.2 Å². The molecule has 0 saturated heterocycles. The second kappa shape index (κ2) is 10.3. The van der Waals surface area contributed by atoms with Gasteiger partial charge in [0.1, 0.15) is 11.4 Å². The average Bonchev–Trinajstić information content (AvgIpc) is 2.89. The van der Waals surface area contributed by atoms with Crippen LogP contribution >= 0.6 is 0 Å². The molecule has 174 valence electrons. The number of aliphatic hydroxyl groups is 1. The number of rotatable bonds is 10. The van der Waals surface area contributed by atoms with Gasteiger partial charge in [0.05, 0.1) is 26.4 Å². The van der Waals surface area contributed by atoms with Gasteiger partial charge in [-0.05, 0) is 41.0 Å². The predicted octanol–water partition coefficient (Wildman–Crippen LogP) is 3.46. The van der Waals surface area contributed by atoms with Crippen LogP contribution in [0.2, 0.25) is 0 Å². The first-order valence-corrected chi connectivity index (χ1v) is 10.9. The summed E-state index contributed by atoms with van der Waals surface area (Å²) in [5.74, 6) is 0.801. The van der Waals surface area contributed by atoms with Crippen molar-refractivity contribution in [2.24, 2.45) is 0 Å². The van der Waals surface area contributed by atoms with Crippen molar-refractivity contribution in [2.45, 2.75) is 12.1 Å². The Labute approximate surface area is 197 Å². The number of ether oxygens (including phenoxy) is 2. The summed E-state index contributed by atoms with van der Waals surface area (Å²) in [4.78, 5) is 23.4. The van der Waals surface area contributed by atoms with Crippen LogP contribution in [0.1, 0.15) is 28.8 Å². The van der Waals surface area contributed by atoms with Gasteiger partial charge in [0.2, 0.25) is 0 Å². The normalized spacial score (nSPS) is 12.8. The van der Waals surface area contributed by atoms with Crippen molar-refractivity contribution in [3.63, 3.8) is 0 Å². The predicted molar refractivity (Wildman–Crippen MR) is 132 cm³/mol. The second-order valence-electron chi connectivity index (χ2n) is 7.85. The largest absolute Gasteiger partial charge is 0.497 e. The van der Waals surface area contributed by atoms with Crippen LogP contribution in [0.25, 0.3) is 0 Å². The summed E-state index contributed by atoms with van der Waals surface area (Å²) in [5.41, 5.74) is 2.42. The average molecular weight is 459 g/mol. The zero-order valence-electron chi connectivity index (χ0n) is 18.9. The highest BCUT2D eigenvalue weighted by atomic mass is 16.5. The highest BCUT2D eigenvalue weighted by Gasteiger charge is 2.22. The van der Waals surface area contributed by atoms with Gasteiger partial charge in [-0.25, -0.2) is 0 Å². The first-order valence-electron chi connectivity index (χ1n) is 10.9. The molecule has 0 fully saturated rings. The molecule has 4 rings (SSSR count). The minimum atomic E-state index is -0.663. The monoisotopic (exact) mass is 458 g/mol. The van der Waals surface area contributed by atoms with Crippen LogP contribution in [0.15, 0.2) is 88.5 Å². The standard InChI is InChI=1S/C27H26N2O5/c1-33-21-14-10-19(11-15-21)23(28-16-22(30)17-6-4-3-5-7-17)18-8-12-20(13-9-18)29-24-25(31)26(32)27(24)34-2/h3-15,22-23,28-30H,16H2,1-2H3. The second-order valence-corrected chi connectivity index (χ2v) is 7.85. The lowest BCUT2D eigenvalue weighted by molar-refractivity contribution is 0.172. The maximum Gasteiger partial charge on any atom is 0.272 e. The van der Waals surface area contributed by atoms with Gasteiger partial charge in [0, 0.05) is 12.2 Å². The van der Waals surface area contributed by atoms with Gasteiger partial charge in [-0.3, -0.25) is 9.59 Å². The number of anilines is 2. The molecule has 3 N–H and O–H groups in total. The van der Waals surface area contributed by atoms with Crippen LogP contribution in [-0.2, 0) is 0 Å². The third-order valence-corrected chi connectivity index (χ3v) is 5.73. The molecule has 7 heteroatoms. The Morgan fingerprint density at radius 2 is 1.38 bits per heavy atom. The summed E-state index contributed by atoms with van der Waals surface area (Å²) < 4.78 is 10.3. The molecule has 0 amide bonds. The zero-order valence-corrected chi connectivity index (χ0v) is 18.9. The fourth-order valence-electron chi connectivity index (χ4n) is 3.83. The summed E-state index contributed by atoms with van der Waals surface area (Å²) in [6, 6.07) is 24.6. The molecule has 0 aliphatic carbocycles. The molecule has 0 saturated carbocycles. The van der Waals surface area contributed by atoms with Crippen LogP contribution in [0, 0.1) is 0 Å². The number of aliphatic hydroxyl groups excluding tert-OH is 1. The molecule has 0 radical (unpaired) electrons. The first kappa shape index (κ1) is 23.2. The van der Waals surface area contributed by atoms with Crippen molar-refractivity contribution in [3.05, 3.63) is 116 Å².